The molecule has 15 heteroatoms. The van der Waals surface area contributed by atoms with E-state index in [0.29, 0.717) is 30.6 Å². The van der Waals surface area contributed by atoms with Crippen molar-refractivity contribution in [3.63, 3.8) is 0 Å². The molecular weight excluding hydrogens is 851 g/mol. The summed E-state index contributed by atoms with van der Waals surface area (Å²) in [7, 11) is 0. The quantitative estimate of drug-likeness (QED) is 0.0330. The lowest BCUT2D eigenvalue weighted by Gasteiger charge is -2.24. The van der Waals surface area contributed by atoms with Crippen molar-refractivity contribution in [2.45, 2.75) is 221 Å². The SMILES string of the molecule is C.CCC(C)CCCCC(C)CCCC(C)CCC(=O)NCCNC(=O)[C@H](O)[C@@H](O)[C@H](O)[C@H](O)CO.CCCC(C)CCC(=O)NCCCCCCC(CNCCCCN)CNCCCCN. The van der Waals surface area contributed by atoms with Gasteiger partial charge in [-0.3, -0.25) is 14.4 Å². The number of carbonyl (C=O) groups excluding carboxylic acids is 3. The van der Waals surface area contributed by atoms with Gasteiger partial charge < -0.3 is 63.6 Å². The Bertz CT molecular complexity index is 1100. The molecule has 14 N–H and O–H groups in total. The molecule has 0 saturated carbocycles. The van der Waals surface area contributed by atoms with Gasteiger partial charge in [0.05, 0.1) is 6.61 Å². The monoisotopic (exact) mass is 962 g/mol. The molecule has 0 spiro atoms. The second-order valence-electron chi connectivity index (χ2n) is 19.5. The lowest BCUT2D eigenvalue weighted by atomic mass is 9.92. The fourth-order valence-corrected chi connectivity index (χ4v) is 7.85. The van der Waals surface area contributed by atoms with E-state index in [-0.39, 0.29) is 32.3 Å². The molecule has 3 amide bonds. The van der Waals surface area contributed by atoms with Crippen molar-refractivity contribution in [1.82, 2.24) is 26.6 Å². The third kappa shape index (κ3) is 43.8. The van der Waals surface area contributed by atoms with E-state index < -0.39 is 36.9 Å². The number of unbranched alkanes of at least 4 members (excludes halogenated alkanes) is 6. The number of rotatable bonds is 45. The zero-order valence-corrected chi connectivity index (χ0v) is 43.1. The number of hydrogen-bond donors (Lipinski definition) is 12. The van der Waals surface area contributed by atoms with Gasteiger partial charge in [0.2, 0.25) is 11.8 Å². The summed E-state index contributed by atoms with van der Waals surface area (Å²) >= 11 is 0. The molecule has 0 radical (unpaired) electrons. The fourth-order valence-electron chi connectivity index (χ4n) is 7.85. The first kappa shape index (κ1) is 69.3. The minimum Gasteiger partial charge on any atom is -0.394 e. The normalized spacial score (nSPS) is 15.0. The molecular formula is C52H111N7O8. The van der Waals surface area contributed by atoms with E-state index >= 15 is 0 Å². The lowest BCUT2D eigenvalue weighted by Crippen LogP contribution is -2.52. The molecule has 402 valence electrons. The molecule has 4 unspecified atom stereocenters. The third-order valence-electron chi connectivity index (χ3n) is 12.9. The molecule has 0 aliphatic heterocycles. The Morgan fingerprint density at radius 3 is 1.46 bits per heavy atom. The van der Waals surface area contributed by atoms with Crippen molar-refractivity contribution in [2.75, 3.05) is 65.5 Å². The van der Waals surface area contributed by atoms with Gasteiger partial charge in [-0.25, -0.2) is 0 Å². The van der Waals surface area contributed by atoms with Crippen LogP contribution < -0.4 is 38.1 Å². The van der Waals surface area contributed by atoms with E-state index in [1.54, 1.807) is 0 Å². The Balaban J connectivity index is -0.00000121. The summed E-state index contributed by atoms with van der Waals surface area (Å²) in [6, 6.07) is 0. The Morgan fingerprint density at radius 1 is 0.493 bits per heavy atom. The number of nitrogens with two attached hydrogens (primary N) is 2. The molecule has 0 rings (SSSR count). The zero-order valence-electron chi connectivity index (χ0n) is 43.1. The van der Waals surface area contributed by atoms with Crippen LogP contribution in [0.2, 0.25) is 0 Å². The predicted octanol–water partition coefficient (Wildman–Crippen LogP) is 5.66. The van der Waals surface area contributed by atoms with E-state index in [0.717, 1.165) is 109 Å². The highest BCUT2D eigenvalue weighted by molar-refractivity contribution is 5.81. The fraction of sp³-hybridized carbons (Fsp3) is 0.942. The standard InChI is InChI=1S/C26H52N2O7.C25H55N5O.CH4/c1-5-18(2)9-6-7-10-19(3)11-8-12-20(4)13-14-22(31)27-15-16-28-26(35)25(34)24(33)23(32)21(30)17-29;1-3-12-23(2)14-15-25(31)30-20-9-5-4-6-13-24(21-28-18-10-7-16-26)22-29-19-11-8-17-27;/h18-21,23-25,29-30,32-34H,5-17H2,1-4H3,(H,27,31)(H,28,35);23-24,28-29H,3-22,26-27H2,1-2H3,(H,30,31);1H4/t18?,19?,20?,21-,23-,24+,25-;;/m1../s1. The number of aliphatic hydroxyl groups is 5. The van der Waals surface area contributed by atoms with Crippen molar-refractivity contribution in [3.8, 4) is 0 Å². The van der Waals surface area contributed by atoms with Crippen LogP contribution in [-0.2, 0) is 14.4 Å². The molecule has 0 aromatic carbocycles. The Hall–Kier alpha value is -1.95. The maximum absolute atomic E-state index is 12.0. The van der Waals surface area contributed by atoms with E-state index in [1.165, 1.54) is 83.5 Å². The highest BCUT2D eigenvalue weighted by atomic mass is 16.4. The van der Waals surface area contributed by atoms with Gasteiger partial charge in [0.1, 0.15) is 18.3 Å². The Labute approximate surface area is 410 Å². The van der Waals surface area contributed by atoms with Gasteiger partial charge in [-0.2, -0.15) is 0 Å². The van der Waals surface area contributed by atoms with Crippen LogP contribution in [-0.4, -0.2) is 133 Å². The summed E-state index contributed by atoms with van der Waals surface area (Å²) in [5.41, 5.74) is 11.2. The maximum Gasteiger partial charge on any atom is 0.251 e. The van der Waals surface area contributed by atoms with E-state index in [2.05, 4.69) is 68.1 Å². The molecule has 0 aliphatic rings. The van der Waals surface area contributed by atoms with E-state index in [9.17, 15) is 34.8 Å². The summed E-state index contributed by atoms with van der Waals surface area (Å²) in [5.74, 6) is 2.56. The number of aliphatic hydroxyl groups excluding tert-OH is 5. The molecule has 0 heterocycles. The summed E-state index contributed by atoms with van der Waals surface area (Å²) in [5, 5.41) is 62.4. The molecule has 0 bridgehead atoms. The highest BCUT2D eigenvalue weighted by Crippen LogP contribution is 2.21. The van der Waals surface area contributed by atoms with Crippen LogP contribution in [0.3, 0.4) is 0 Å². The average molecular weight is 963 g/mol. The van der Waals surface area contributed by atoms with Gasteiger partial charge in [0.25, 0.3) is 5.91 Å². The van der Waals surface area contributed by atoms with Crippen LogP contribution in [0.5, 0.6) is 0 Å². The summed E-state index contributed by atoms with van der Waals surface area (Å²) < 4.78 is 0. The van der Waals surface area contributed by atoms with Crippen LogP contribution in [0, 0.1) is 29.6 Å². The summed E-state index contributed by atoms with van der Waals surface area (Å²) in [6.07, 6.45) is 18.5. The van der Waals surface area contributed by atoms with Crippen molar-refractivity contribution in [3.05, 3.63) is 0 Å². The van der Waals surface area contributed by atoms with Gasteiger partial charge in [0.15, 0.2) is 6.10 Å². The number of nitrogens with one attached hydrogen (secondary N) is 5. The van der Waals surface area contributed by atoms with Crippen molar-refractivity contribution in [1.29, 1.82) is 0 Å². The second-order valence-corrected chi connectivity index (χ2v) is 19.5. The van der Waals surface area contributed by atoms with Crippen molar-refractivity contribution in [2.24, 2.45) is 41.1 Å². The molecule has 67 heavy (non-hydrogen) atoms. The van der Waals surface area contributed by atoms with Crippen LogP contribution in [0.15, 0.2) is 0 Å². The summed E-state index contributed by atoms with van der Waals surface area (Å²) in [6.45, 7) is 19.6. The molecule has 0 fully saturated rings. The van der Waals surface area contributed by atoms with Crippen molar-refractivity contribution >= 4 is 17.7 Å². The highest BCUT2D eigenvalue weighted by Gasteiger charge is 2.34. The third-order valence-corrected chi connectivity index (χ3v) is 12.9. The Kier molecular flexibility index (Phi) is 50.7. The first-order chi connectivity index (χ1) is 31.7. The molecule has 0 aliphatic carbocycles. The van der Waals surface area contributed by atoms with Gasteiger partial charge in [-0.05, 0) is 120 Å². The van der Waals surface area contributed by atoms with E-state index in [1.807, 2.05) is 0 Å². The van der Waals surface area contributed by atoms with Gasteiger partial charge in [-0.15, -0.1) is 0 Å². The molecule has 15 nitrogen and oxygen atoms in total. The van der Waals surface area contributed by atoms with Crippen LogP contribution in [0.1, 0.15) is 197 Å². The topological polar surface area (TPSA) is 265 Å². The first-order valence-electron chi connectivity index (χ1n) is 26.6. The number of hydrogen-bond acceptors (Lipinski definition) is 12. The van der Waals surface area contributed by atoms with Crippen molar-refractivity contribution < 1.29 is 39.9 Å². The zero-order chi connectivity index (χ0) is 49.8. The largest absolute Gasteiger partial charge is 0.394 e. The summed E-state index contributed by atoms with van der Waals surface area (Å²) in [4.78, 5) is 35.8. The molecule has 0 aromatic heterocycles. The Morgan fingerprint density at radius 2 is 0.940 bits per heavy atom. The van der Waals surface area contributed by atoms with Crippen LogP contribution >= 0.6 is 0 Å². The van der Waals surface area contributed by atoms with Gasteiger partial charge in [-0.1, -0.05) is 132 Å². The van der Waals surface area contributed by atoms with Crippen LogP contribution in [0.4, 0.5) is 0 Å². The van der Waals surface area contributed by atoms with E-state index in [4.69, 9.17) is 16.6 Å². The smallest absolute Gasteiger partial charge is 0.251 e. The van der Waals surface area contributed by atoms with Gasteiger partial charge >= 0.3 is 0 Å². The van der Waals surface area contributed by atoms with Gasteiger partial charge in [0, 0.05) is 32.5 Å². The number of amides is 3. The predicted molar refractivity (Wildman–Crippen MR) is 278 cm³/mol. The number of carbonyl (C=O) groups is 3. The second kappa shape index (κ2) is 49.0. The lowest BCUT2D eigenvalue weighted by molar-refractivity contribution is -0.148. The first-order valence-corrected chi connectivity index (χ1v) is 26.6. The maximum atomic E-state index is 12.0. The molecule has 8 atom stereocenters. The minimum atomic E-state index is -1.98. The van der Waals surface area contributed by atoms with Crippen LogP contribution in [0.25, 0.3) is 0 Å². The molecule has 0 saturated heterocycles. The average Bonchev–Trinajstić information content (AvgIpc) is 3.31. The minimum absolute atomic E-state index is 0. The molecule has 0 aromatic rings.